The van der Waals surface area contributed by atoms with Crippen LogP contribution in [0.1, 0.15) is 29.8 Å². The zero-order valence-corrected chi connectivity index (χ0v) is 14.2. The molecule has 1 aromatic carbocycles. The summed E-state index contributed by atoms with van der Waals surface area (Å²) in [5.41, 5.74) is 0.928. The quantitative estimate of drug-likeness (QED) is 0.819. The zero-order chi connectivity index (χ0) is 16.2. The number of Topliss-reactive ketones (excluding diaryl/α,β-unsaturated/α-hetero) is 1. The van der Waals surface area contributed by atoms with Crippen LogP contribution in [0, 0.1) is 5.41 Å². The Morgan fingerprint density at radius 2 is 2.13 bits per heavy atom. The summed E-state index contributed by atoms with van der Waals surface area (Å²) in [6, 6.07) is 7.64. The molecule has 2 heterocycles. The maximum absolute atomic E-state index is 12.5. The average molecular weight is 344 g/mol. The molecule has 1 aliphatic rings. The fraction of sp³-hybridized carbons (Fsp3) is 0.235. The van der Waals surface area contributed by atoms with E-state index in [-0.39, 0.29) is 5.78 Å². The van der Waals surface area contributed by atoms with Crippen LogP contribution < -0.4 is 4.74 Å². The lowest BCUT2D eigenvalue weighted by molar-refractivity contribution is -0.114. The summed E-state index contributed by atoms with van der Waals surface area (Å²) in [4.78, 5) is 17.3. The van der Waals surface area contributed by atoms with Crippen LogP contribution >= 0.6 is 23.1 Å². The first-order valence-electron chi connectivity index (χ1n) is 7.33. The second-order valence-electron chi connectivity index (χ2n) is 5.06. The number of carbonyl (C=O) groups is 1. The van der Waals surface area contributed by atoms with Crippen molar-refractivity contribution in [1.29, 1.82) is 5.41 Å². The van der Waals surface area contributed by atoms with Gasteiger partial charge in [-0.2, -0.15) is 0 Å². The molecule has 0 spiro atoms. The first-order valence-corrected chi connectivity index (χ1v) is 9.03. The minimum Gasteiger partial charge on any atom is -0.494 e. The number of nitrogens with zero attached hydrogens (tertiary/aromatic N) is 1. The highest BCUT2D eigenvalue weighted by Crippen LogP contribution is 2.41. The minimum atomic E-state index is -0.529. The number of hydrogen-bond donors (Lipinski definition) is 1. The number of nitrogens with one attached hydrogen (secondary N) is 1. The lowest BCUT2D eigenvalue weighted by Crippen LogP contribution is -2.11. The van der Waals surface area contributed by atoms with E-state index in [0.717, 1.165) is 17.7 Å². The fourth-order valence-corrected chi connectivity index (χ4v) is 4.03. The molecule has 1 fully saturated rings. The average Bonchev–Trinajstić information content (AvgIpc) is 3.15. The molecule has 3 rings (SSSR count). The van der Waals surface area contributed by atoms with Crippen LogP contribution in [0.15, 0.2) is 40.7 Å². The summed E-state index contributed by atoms with van der Waals surface area (Å²) in [5.74, 6) is 0.257. The normalized spacial score (nSPS) is 19.5. The van der Waals surface area contributed by atoms with Crippen LogP contribution in [0.5, 0.6) is 5.75 Å². The van der Waals surface area contributed by atoms with Crippen molar-refractivity contribution in [3.05, 3.63) is 51.3 Å². The molecule has 2 aromatic rings. The van der Waals surface area contributed by atoms with Gasteiger partial charge in [0.2, 0.25) is 0 Å². The summed E-state index contributed by atoms with van der Waals surface area (Å²) in [6.45, 7) is 2.76. The van der Waals surface area contributed by atoms with Gasteiger partial charge in [0.15, 0.2) is 5.78 Å². The number of carbonyl (C=O) groups excluding carboxylic acids is 1. The molecule has 0 aliphatic carbocycles. The van der Waals surface area contributed by atoms with E-state index in [9.17, 15) is 4.79 Å². The van der Waals surface area contributed by atoms with Gasteiger partial charge in [-0.25, -0.2) is 4.98 Å². The van der Waals surface area contributed by atoms with Crippen molar-refractivity contribution in [1.82, 2.24) is 4.98 Å². The lowest BCUT2D eigenvalue weighted by atomic mass is 10.1. The molecular formula is C17H16N2O2S2. The van der Waals surface area contributed by atoms with Crippen molar-refractivity contribution in [3.8, 4) is 5.75 Å². The van der Waals surface area contributed by atoms with Crippen molar-refractivity contribution in [3.63, 3.8) is 0 Å². The number of thioether (sulfide) groups is 1. The van der Waals surface area contributed by atoms with Crippen LogP contribution in [0.2, 0.25) is 0 Å². The third-order valence-electron chi connectivity index (χ3n) is 3.34. The Kier molecular flexibility index (Phi) is 4.93. The lowest BCUT2D eigenvalue weighted by Gasteiger charge is -2.04. The number of benzene rings is 1. The van der Waals surface area contributed by atoms with E-state index in [1.807, 2.05) is 35.7 Å². The van der Waals surface area contributed by atoms with Crippen LogP contribution in [-0.4, -0.2) is 22.4 Å². The SMILES string of the molecule is CCCOc1ccc(C=C2SC(=N)C(c3nccs3)C2=O)cc1. The molecule has 23 heavy (non-hydrogen) atoms. The van der Waals surface area contributed by atoms with E-state index < -0.39 is 5.92 Å². The van der Waals surface area contributed by atoms with Gasteiger partial charge >= 0.3 is 0 Å². The summed E-state index contributed by atoms with van der Waals surface area (Å²) in [6.07, 6.45) is 4.47. The Labute approximate surface area is 143 Å². The van der Waals surface area contributed by atoms with Gasteiger partial charge in [0.1, 0.15) is 16.7 Å². The minimum absolute atomic E-state index is 0.0405. The Hall–Kier alpha value is -1.92. The number of hydrogen-bond acceptors (Lipinski definition) is 6. The molecule has 1 aromatic heterocycles. The molecule has 4 nitrogen and oxygen atoms in total. The molecule has 1 atom stereocenters. The molecule has 1 N–H and O–H groups in total. The standard InChI is InChI=1S/C17H16N2O2S2/c1-2-8-21-12-5-3-11(4-6-12)10-13-15(20)14(16(18)23-13)17-19-7-9-22-17/h3-7,9-10,14,18H,2,8H2,1H3. The number of ether oxygens (including phenoxy) is 1. The van der Waals surface area contributed by atoms with Gasteiger partial charge < -0.3 is 4.74 Å². The molecule has 0 saturated carbocycles. The van der Waals surface area contributed by atoms with Gasteiger partial charge in [0, 0.05) is 11.6 Å². The van der Waals surface area contributed by atoms with Crippen LogP contribution in [0.3, 0.4) is 0 Å². The maximum atomic E-state index is 12.5. The van der Waals surface area contributed by atoms with Crippen LogP contribution in [0.4, 0.5) is 0 Å². The molecule has 118 valence electrons. The van der Waals surface area contributed by atoms with Gasteiger partial charge in [-0.3, -0.25) is 10.2 Å². The summed E-state index contributed by atoms with van der Waals surface area (Å²) in [5, 5.41) is 10.9. The van der Waals surface area contributed by atoms with Gasteiger partial charge in [0.05, 0.1) is 16.6 Å². The molecule has 0 radical (unpaired) electrons. The molecule has 0 bridgehead atoms. The second-order valence-corrected chi connectivity index (χ2v) is 7.07. The maximum Gasteiger partial charge on any atom is 0.186 e. The number of ketones is 1. The predicted octanol–water partition coefficient (Wildman–Crippen LogP) is 4.35. The van der Waals surface area contributed by atoms with Crippen molar-refractivity contribution >= 4 is 40.0 Å². The fourth-order valence-electron chi connectivity index (χ4n) is 2.22. The highest BCUT2D eigenvalue weighted by molar-refractivity contribution is 8.19. The molecule has 1 aliphatic heterocycles. The predicted molar refractivity (Wildman–Crippen MR) is 95.4 cm³/mol. The highest BCUT2D eigenvalue weighted by Gasteiger charge is 2.38. The summed E-state index contributed by atoms with van der Waals surface area (Å²) in [7, 11) is 0. The molecule has 0 amide bonds. The number of aromatic nitrogens is 1. The topological polar surface area (TPSA) is 63.0 Å². The number of rotatable bonds is 5. The highest BCUT2D eigenvalue weighted by atomic mass is 32.2. The van der Waals surface area contributed by atoms with Crippen LogP contribution in [-0.2, 0) is 4.79 Å². The summed E-state index contributed by atoms with van der Waals surface area (Å²) >= 11 is 2.64. The number of allylic oxidation sites excluding steroid dienone is 1. The van der Waals surface area contributed by atoms with E-state index in [1.165, 1.54) is 23.1 Å². The van der Waals surface area contributed by atoms with E-state index in [1.54, 1.807) is 6.20 Å². The Balaban J connectivity index is 1.78. The Morgan fingerprint density at radius 3 is 2.78 bits per heavy atom. The van der Waals surface area contributed by atoms with E-state index >= 15 is 0 Å². The smallest absolute Gasteiger partial charge is 0.186 e. The molecule has 1 saturated heterocycles. The zero-order valence-electron chi connectivity index (χ0n) is 12.6. The van der Waals surface area contributed by atoms with Crippen molar-refractivity contribution < 1.29 is 9.53 Å². The van der Waals surface area contributed by atoms with E-state index in [0.29, 0.717) is 21.6 Å². The molecule has 6 heteroatoms. The third-order valence-corrected chi connectivity index (χ3v) is 5.17. The summed E-state index contributed by atoms with van der Waals surface area (Å²) < 4.78 is 5.55. The van der Waals surface area contributed by atoms with Crippen LogP contribution in [0.25, 0.3) is 6.08 Å². The Morgan fingerprint density at radius 1 is 1.35 bits per heavy atom. The monoisotopic (exact) mass is 344 g/mol. The Bertz CT molecular complexity index is 736. The van der Waals surface area contributed by atoms with E-state index in [2.05, 4.69) is 11.9 Å². The molecular weight excluding hydrogens is 328 g/mol. The van der Waals surface area contributed by atoms with E-state index in [4.69, 9.17) is 10.1 Å². The first-order chi connectivity index (χ1) is 11.2. The third kappa shape index (κ3) is 3.54. The second kappa shape index (κ2) is 7.10. The van der Waals surface area contributed by atoms with Crippen molar-refractivity contribution in [2.45, 2.75) is 19.3 Å². The van der Waals surface area contributed by atoms with Gasteiger partial charge in [0.25, 0.3) is 0 Å². The van der Waals surface area contributed by atoms with Crippen molar-refractivity contribution in [2.75, 3.05) is 6.61 Å². The largest absolute Gasteiger partial charge is 0.494 e. The first kappa shape index (κ1) is 16.0. The van der Waals surface area contributed by atoms with Gasteiger partial charge in [-0.15, -0.1) is 11.3 Å². The van der Waals surface area contributed by atoms with Gasteiger partial charge in [-0.05, 0) is 30.2 Å². The van der Waals surface area contributed by atoms with Gasteiger partial charge in [-0.1, -0.05) is 30.8 Å². The van der Waals surface area contributed by atoms with Crippen molar-refractivity contribution in [2.24, 2.45) is 0 Å². The molecule has 1 unspecified atom stereocenters. The number of thiazole rings is 1.